The van der Waals surface area contributed by atoms with Crippen molar-refractivity contribution in [1.82, 2.24) is 19.7 Å². The molecule has 1 amide bonds. The molecule has 27 heavy (non-hydrogen) atoms. The van der Waals surface area contributed by atoms with Gasteiger partial charge >= 0.3 is 0 Å². The van der Waals surface area contributed by atoms with Crippen LogP contribution in [0.2, 0.25) is 0 Å². The summed E-state index contributed by atoms with van der Waals surface area (Å²) in [5, 5.41) is 3.45. The van der Waals surface area contributed by atoms with Crippen LogP contribution >= 0.6 is 24.8 Å². The average molecular weight is 417 g/mol. The predicted octanol–water partition coefficient (Wildman–Crippen LogP) is 1.56. The van der Waals surface area contributed by atoms with E-state index >= 15 is 0 Å². The molecular weight excluding hydrogens is 387 g/mol. The largest absolute Gasteiger partial charge is 0.338 e. The summed E-state index contributed by atoms with van der Waals surface area (Å²) in [6.45, 7) is 4.63. The molecule has 3 aliphatic rings. The van der Waals surface area contributed by atoms with Gasteiger partial charge in [0.1, 0.15) is 5.56 Å². The monoisotopic (exact) mass is 416 g/mol. The van der Waals surface area contributed by atoms with Gasteiger partial charge in [0, 0.05) is 37.8 Å². The number of pyridine rings is 1. The normalized spacial score (nSPS) is 25.0. The number of likely N-dealkylation sites (tertiary alicyclic amines) is 1. The molecule has 4 heterocycles. The minimum absolute atomic E-state index is 0. The topological polar surface area (TPSA) is 57.6 Å². The number of rotatable bonds is 2. The molecule has 1 N–H and O–H groups in total. The summed E-state index contributed by atoms with van der Waals surface area (Å²) in [4.78, 5) is 30.1. The zero-order valence-corrected chi connectivity index (χ0v) is 17.7. The van der Waals surface area contributed by atoms with Crippen LogP contribution < -0.4 is 10.9 Å². The highest BCUT2D eigenvalue weighted by Gasteiger charge is 2.33. The SMILES string of the molecule is CN1CCC(N(C)C(=O)c2ccc3n(c2=O)C[C@@H]2CNC[C@H]3C2)CC1.Cl.Cl. The molecule has 2 fully saturated rings. The summed E-state index contributed by atoms with van der Waals surface area (Å²) in [6, 6.07) is 4.00. The minimum atomic E-state index is -0.122. The molecule has 1 aromatic rings. The van der Waals surface area contributed by atoms with Gasteiger partial charge in [0.2, 0.25) is 0 Å². The molecule has 152 valence electrons. The van der Waals surface area contributed by atoms with Crippen LogP contribution in [0.25, 0.3) is 0 Å². The average Bonchev–Trinajstić information content (AvgIpc) is 2.62. The minimum Gasteiger partial charge on any atom is -0.338 e. The summed E-state index contributed by atoms with van der Waals surface area (Å²) >= 11 is 0. The van der Waals surface area contributed by atoms with Crippen LogP contribution in [0, 0.1) is 5.92 Å². The Morgan fingerprint density at radius 3 is 2.59 bits per heavy atom. The van der Waals surface area contributed by atoms with Crippen molar-refractivity contribution in [3.05, 3.63) is 33.7 Å². The summed E-state index contributed by atoms with van der Waals surface area (Å²) in [6.07, 6.45) is 3.09. The van der Waals surface area contributed by atoms with Gasteiger partial charge in [0.05, 0.1) is 0 Å². The quantitative estimate of drug-likeness (QED) is 0.794. The van der Waals surface area contributed by atoms with Gasteiger partial charge in [0.25, 0.3) is 11.5 Å². The molecule has 0 saturated carbocycles. The van der Waals surface area contributed by atoms with Crippen molar-refractivity contribution < 1.29 is 4.79 Å². The number of halogens is 2. The number of carbonyl (C=O) groups is 1. The van der Waals surface area contributed by atoms with Crippen LogP contribution in [0.5, 0.6) is 0 Å². The van der Waals surface area contributed by atoms with Gasteiger partial charge in [-0.2, -0.15) is 0 Å². The number of aromatic nitrogens is 1. The lowest BCUT2D eigenvalue weighted by Gasteiger charge is -2.38. The summed E-state index contributed by atoms with van der Waals surface area (Å²) in [7, 11) is 3.96. The van der Waals surface area contributed by atoms with Gasteiger partial charge in [-0.05, 0) is 64.0 Å². The fraction of sp³-hybridized carbons (Fsp3) is 0.684. The molecule has 4 rings (SSSR count). The second kappa shape index (κ2) is 8.95. The first-order valence-electron chi connectivity index (χ1n) is 9.44. The fourth-order valence-corrected chi connectivity index (χ4v) is 4.69. The van der Waals surface area contributed by atoms with Crippen molar-refractivity contribution in [2.24, 2.45) is 5.92 Å². The van der Waals surface area contributed by atoms with Gasteiger partial charge in [-0.1, -0.05) is 0 Å². The highest BCUT2D eigenvalue weighted by Crippen LogP contribution is 2.31. The first-order valence-corrected chi connectivity index (χ1v) is 9.44. The van der Waals surface area contributed by atoms with Crippen molar-refractivity contribution in [2.75, 3.05) is 40.3 Å². The number of fused-ring (bicyclic) bond motifs is 4. The van der Waals surface area contributed by atoms with Crippen LogP contribution in [0.3, 0.4) is 0 Å². The first kappa shape index (κ1) is 22.2. The predicted molar refractivity (Wildman–Crippen MR) is 112 cm³/mol. The van der Waals surface area contributed by atoms with Crippen molar-refractivity contribution in [3.8, 4) is 0 Å². The summed E-state index contributed by atoms with van der Waals surface area (Å²) in [5.74, 6) is 0.778. The number of nitrogens with one attached hydrogen (secondary N) is 1. The molecule has 2 saturated heterocycles. The van der Waals surface area contributed by atoms with Gasteiger partial charge in [-0.25, -0.2) is 0 Å². The van der Waals surface area contributed by atoms with E-state index in [4.69, 9.17) is 0 Å². The maximum atomic E-state index is 13.0. The van der Waals surface area contributed by atoms with E-state index in [9.17, 15) is 9.59 Å². The lowest BCUT2D eigenvalue weighted by atomic mass is 9.84. The molecule has 0 radical (unpaired) electrons. The zero-order chi connectivity index (χ0) is 17.6. The third-order valence-corrected chi connectivity index (χ3v) is 6.30. The number of hydrogen-bond acceptors (Lipinski definition) is 4. The van der Waals surface area contributed by atoms with Crippen molar-refractivity contribution in [2.45, 2.75) is 37.8 Å². The van der Waals surface area contributed by atoms with E-state index in [0.29, 0.717) is 17.4 Å². The van der Waals surface area contributed by atoms with Gasteiger partial charge < -0.3 is 19.7 Å². The number of hydrogen-bond donors (Lipinski definition) is 1. The Morgan fingerprint density at radius 2 is 1.89 bits per heavy atom. The third kappa shape index (κ3) is 4.19. The third-order valence-electron chi connectivity index (χ3n) is 6.30. The summed E-state index contributed by atoms with van der Waals surface area (Å²) in [5.41, 5.74) is 1.32. The van der Waals surface area contributed by atoms with Crippen molar-refractivity contribution >= 4 is 30.7 Å². The van der Waals surface area contributed by atoms with E-state index < -0.39 is 0 Å². The van der Waals surface area contributed by atoms with E-state index in [1.54, 1.807) is 11.0 Å². The molecular formula is C19H30Cl2N4O2. The number of amides is 1. The number of carbonyl (C=O) groups excluding carboxylic acids is 1. The molecule has 3 aliphatic heterocycles. The second-order valence-corrected chi connectivity index (χ2v) is 8.00. The number of nitrogens with zero attached hydrogens (tertiary/aromatic N) is 3. The fourth-order valence-electron chi connectivity index (χ4n) is 4.69. The van der Waals surface area contributed by atoms with E-state index in [1.165, 1.54) is 0 Å². The van der Waals surface area contributed by atoms with Crippen LogP contribution in [-0.2, 0) is 6.54 Å². The Kier molecular flexibility index (Phi) is 7.36. The van der Waals surface area contributed by atoms with Crippen LogP contribution in [0.15, 0.2) is 16.9 Å². The van der Waals surface area contributed by atoms with Gasteiger partial charge in [0.15, 0.2) is 0 Å². The molecule has 2 bridgehead atoms. The van der Waals surface area contributed by atoms with Gasteiger partial charge in [-0.15, -0.1) is 24.8 Å². The Bertz CT molecular complexity index is 731. The molecule has 8 heteroatoms. The second-order valence-electron chi connectivity index (χ2n) is 8.00. The maximum absolute atomic E-state index is 13.0. The Hall–Kier alpha value is -1.08. The Labute approximate surface area is 173 Å². The summed E-state index contributed by atoms with van der Waals surface area (Å²) < 4.78 is 1.87. The highest BCUT2D eigenvalue weighted by molar-refractivity contribution is 5.94. The lowest BCUT2D eigenvalue weighted by molar-refractivity contribution is 0.0656. The molecule has 0 aliphatic carbocycles. The van der Waals surface area contributed by atoms with E-state index in [0.717, 1.165) is 57.7 Å². The van der Waals surface area contributed by atoms with Crippen LogP contribution in [0.4, 0.5) is 0 Å². The highest BCUT2D eigenvalue weighted by atomic mass is 35.5. The van der Waals surface area contributed by atoms with E-state index in [-0.39, 0.29) is 42.3 Å². The van der Waals surface area contributed by atoms with E-state index in [2.05, 4.69) is 17.3 Å². The Morgan fingerprint density at radius 1 is 1.19 bits per heavy atom. The first-order chi connectivity index (χ1) is 12.0. The van der Waals surface area contributed by atoms with Gasteiger partial charge in [-0.3, -0.25) is 9.59 Å². The van der Waals surface area contributed by atoms with E-state index in [1.807, 2.05) is 17.7 Å². The smallest absolute Gasteiger partial charge is 0.263 e. The van der Waals surface area contributed by atoms with Crippen LogP contribution in [0.1, 0.15) is 41.2 Å². The molecule has 0 aromatic carbocycles. The van der Waals surface area contributed by atoms with Crippen molar-refractivity contribution in [3.63, 3.8) is 0 Å². The standard InChI is InChI=1S/C19H28N4O2.2ClH/c1-21-7-5-15(6-8-21)22(2)18(24)16-3-4-17-14-9-13(10-20-11-14)12-23(17)19(16)25;;/h3-4,13-15,20H,5-12H2,1-2H3;2*1H/t13-,14+;;/m0../s1. The molecule has 0 unspecified atom stereocenters. The zero-order valence-electron chi connectivity index (χ0n) is 16.0. The molecule has 2 atom stereocenters. The Balaban J connectivity index is 0.00000131. The molecule has 6 nitrogen and oxygen atoms in total. The molecule has 1 aromatic heterocycles. The van der Waals surface area contributed by atoms with Crippen molar-refractivity contribution in [1.29, 1.82) is 0 Å². The molecule has 0 spiro atoms. The number of piperidine rings is 2. The van der Waals surface area contributed by atoms with Crippen LogP contribution in [-0.4, -0.2) is 66.6 Å². The lowest BCUT2D eigenvalue weighted by Crippen LogP contribution is -2.48. The maximum Gasteiger partial charge on any atom is 0.263 e.